The van der Waals surface area contributed by atoms with Crippen molar-refractivity contribution in [1.29, 1.82) is 0 Å². The number of allylic oxidation sites excluding steroid dienone is 4. The van der Waals surface area contributed by atoms with Crippen molar-refractivity contribution < 1.29 is 29.4 Å². The number of nitrogens with one attached hydrogen (secondary N) is 2. The van der Waals surface area contributed by atoms with Gasteiger partial charge in [0.25, 0.3) is 0 Å². The number of hydrogen-bond donors (Lipinski definition) is 4. The van der Waals surface area contributed by atoms with Crippen LogP contribution in [0.5, 0.6) is 0 Å². The number of carboxylic acids is 2. The molecule has 34 heavy (non-hydrogen) atoms. The van der Waals surface area contributed by atoms with E-state index >= 15 is 0 Å². The normalized spacial score (nSPS) is 15.3. The van der Waals surface area contributed by atoms with Crippen LogP contribution >= 0.6 is 0 Å². The Morgan fingerprint density at radius 1 is 0.618 bits per heavy atom. The number of ketones is 2. The van der Waals surface area contributed by atoms with Gasteiger partial charge >= 0.3 is 11.9 Å². The van der Waals surface area contributed by atoms with Gasteiger partial charge < -0.3 is 20.8 Å². The van der Waals surface area contributed by atoms with Crippen molar-refractivity contribution in [1.82, 2.24) is 0 Å². The van der Waals surface area contributed by atoms with Gasteiger partial charge in [0, 0.05) is 36.4 Å². The number of hydrogen-bond acceptors (Lipinski definition) is 6. The summed E-state index contributed by atoms with van der Waals surface area (Å²) in [6, 6.07) is 13.3. The Morgan fingerprint density at radius 2 is 1.00 bits per heavy atom. The molecule has 2 aliphatic rings. The Hall–Kier alpha value is -4.20. The lowest BCUT2D eigenvalue weighted by molar-refractivity contribution is -0.115. The molecule has 2 aromatic rings. The maximum absolute atomic E-state index is 11.2. The minimum absolute atomic E-state index is 0.0894. The minimum atomic E-state index is -0.976. The van der Waals surface area contributed by atoms with E-state index in [9.17, 15) is 19.2 Å². The predicted molar refractivity (Wildman–Crippen MR) is 128 cm³/mol. The first-order valence-electron chi connectivity index (χ1n) is 11.0. The van der Waals surface area contributed by atoms with Crippen LogP contribution in [-0.2, 0) is 9.59 Å². The van der Waals surface area contributed by atoms with Crippen LogP contribution < -0.4 is 10.6 Å². The van der Waals surface area contributed by atoms with Crippen molar-refractivity contribution in [2.24, 2.45) is 0 Å². The van der Waals surface area contributed by atoms with Crippen molar-refractivity contribution >= 4 is 34.9 Å². The molecule has 0 bridgehead atoms. The van der Waals surface area contributed by atoms with Gasteiger partial charge in [-0.15, -0.1) is 0 Å². The molecule has 176 valence electrons. The zero-order valence-corrected chi connectivity index (χ0v) is 18.5. The minimum Gasteiger partial charge on any atom is -0.478 e. The van der Waals surface area contributed by atoms with E-state index in [1.807, 2.05) is 0 Å². The summed E-state index contributed by atoms with van der Waals surface area (Å²) < 4.78 is 0. The number of carbonyl (C=O) groups excluding carboxylic acids is 2. The van der Waals surface area contributed by atoms with Crippen molar-refractivity contribution in [3.8, 4) is 0 Å². The van der Waals surface area contributed by atoms with E-state index < -0.39 is 11.9 Å². The van der Waals surface area contributed by atoms with Gasteiger partial charge in [0.05, 0.1) is 22.5 Å². The predicted octanol–water partition coefficient (Wildman–Crippen LogP) is 4.87. The molecule has 0 fully saturated rings. The van der Waals surface area contributed by atoms with Crippen LogP contribution in [0.25, 0.3) is 0 Å². The second-order valence-corrected chi connectivity index (χ2v) is 7.93. The van der Waals surface area contributed by atoms with Gasteiger partial charge in [-0.05, 0) is 49.9 Å². The monoisotopic (exact) mass is 462 g/mol. The lowest BCUT2D eigenvalue weighted by atomic mass is 10.0. The molecule has 0 saturated carbocycles. The van der Waals surface area contributed by atoms with Crippen LogP contribution in [0.2, 0.25) is 0 Å². The number of rotatable bonds is 6. The van der Waals surface area contributed by atoms with E-state index in [0.29, 0.717) is 24.2 Å². The number of aromatic carboxylic acids is 2. The van der Waals surface area contributed by atoms with Gasteiger partial charge in [0.2, 0.25) is 0 Å². The average Bonchev–Trinajstić information content (AvgIpc) is 2.80. The quantitative estimate of drug-likeness (QED) is 0.478. The summed E-state index contributed by atoms with van der Waals surface area (Å²) in [6.45, 7) is 0. The van der Waals surface area contributed by atoms with Crippen LogP contribution in [0.4, 0.5) is 11.4 Å². The lowest BCUT2D eigenvalue weighted by Crippen LogP contribution is -2.11. The van der Waals surface area contributed by atoms with Crippen LogP contribution in [0.15, 0.2) is 72.1 Å². The first kappa shape index (κ1) is 24.4. The highest BCUT2D eigenvalue weighted by atomic mass is 16.4. The maximum atomic E-state index is 11.2. The SMILES string of the molecule is O=C1C=C(Nc2ccccc2C(=O)O)CCC1.O=C1C=C(Nc2ccccc2C(=O)O)CCC1. The molecule has 2 aromatic carbocycles. The number of para-hydroxylation sites is 2. The molecule has 8 heteroatoms. The Labute approximate surface area is 197 Å². The van der Waals surface area contributed by atoms with E-state index in [1.165, 1.54) is 12.1 Å². The van der Waals surface area contributed by atoms with Crippen LogP contribution in [-0.4, -0.2) is 33.7 Å². The van der Waals surface area contributed by atoms with Crippen molar-refractivity contribution in [3.05, 3.63) is 83.2 Å². The maximum Gasteiger partial charge on any atom is 0.337 e. The molecule has 0 unspecified atom stereocenters. The summed E-state index contributed by atoms with van der Waals surface area (Å²) in [5, 5.41) is 24.1. The van der Waals surface area contributed by atoms with Gasteiger partial charge in [-0.3, -0.25) is 9.59 Å². The highest BCUT2D eigenvalue weighted by molar-refractivity contribution is 5.96. The zero-order chi connectivity index (χ0) is 24.5. The van der Waals surface area contributed by atoms with Gasteiger partial charge in [0.1, 0.15) is 0 Å². The Kier molecular flexibility index (Phi) is 8.34. The van der Waals surface area contributed by atoms with Gasteiger partial charge in [-0.2, -0.15) is 0 Å². The standard InChI is InChI=1S/2C13H13NO3/c2*15-10-5-3-4-9(8-10)14-12-7-2-1-6-11(12)13(16)17/h2*1-2,6-8,14H,3-5H2,(H,16,17). The summed E-state index contributed by atoms with van der Waals surface area (Å²) in [7, 11) is 0. The summed E-state index contributed by atoms with van der Waals surface area (Å²) in [4.78, 5) is 44.5. The summed E-state index contributed by atoms with van der Waals surface area (Å²) in [5.74, 6) is -1.77. The van der Waals surface area contributed by atoms with Crippen molar-refractivity contribution in [2.45, 2.75) is 38.5 Å². The number of benzene rings is 2. The van der Waals surface area contributed by atoms with E-state index in [4.69, 9.17) is 10.2 Å². The third-order valence-corrected chi connectivity index (χ3v) is 5.31. The number of carboxylic acid groups (broad SMARTS) is 2. The van der Waals surface area contributed by atoms with E-state index in [-0.39, 0.29) is 22.7 Å². The molecule has 0 saturated heterocycles. The van der Waals surface area contributed by atoms with Crippen LogP contribution in [0.1, 0.15) is 59.2 Å². The molecule has 4 N–H and O–H groups in total. The van der Waals surface area contributed by atoms with Crippen LogP contribution in [0, 0.1) is 0 Å². The molecule has 0 heterocycles. The third kappa shape index (κ3) is 6.90. The summed E-state index contributed by atoms with van der Waals surface area (Å²) in [6.07, 6.45) is 7.45. The number of carbonyl (C=O) groups is 4. The molecule has 4 rings (SSSR count). The highest BCUT2D eigenvalue weighted by Crippen LogP contribution is 2.23. The molecule has 0 radical (unpaired) electrons. The Morgan fingerprint density at radius 3 is 1.35 bits per heavy atom. The molecule has 0 aromatic heterocycles. The fourth-order valence-electron chi connectivity index (χ4n) is 3.68. The van der Waals surface area contributed by atoms with Gasteiger partial charge in [-0.1, -0.05) is 24.3 Å². The third-order valence-electron chi connectivity index (χ3n) is 5.31. The molecule has 0 spiro atoms. The molecule has 8 nitrogen and oxygen atoms in total. The summed E-state index contributed by atoms with van der Waals surface area (Å²) in [5.41, 5.74) is 3.06. The smallest absolute Gasteiger partial charge is 0.337 e. The average molecular weight is 463 g/mol. The van der Waals surface area contributed by atoms with Gasteiger partial charge in [0.15, 0.2) is 11.6 Å². The fourth-order valence-corrected chi connectivity index (χ4v) is 3.68. The van der Waals surface area contributed by atoms with E-state index in [0.717, 1.165) is 37.1 Å². The molecule has 0 aliphatic heterocycles. The van der Waals surface area contributed by atoms with E-state index in [2.05, 4.69) is 10.6 Å². The Balaban J connectivity index is 0.000000191. The molecular formula is C26H26N2O6. The van der Waals surface area contributed by atoms with Crippen molar-refractivity contribution in [2.75, 3.05) is 10.6 Å². The molecule has 2 aliphatic carbocycles. The molecular weight excluding hydrogens is 436 g/mol. The highest BCUT2D eigenvalue weighted by Gasteiger charge is 2.14. The fraction of sp³-hybridized carbons (Fsp3) is 0.231. The second-order valence-electron chi connectivity index (χ2n) is 7.93. The molecule has 0 amide bonds. The molecule has 0 atom stereocenters. The van der Waals surface area contributed by atoms with Crippen molar-refractivity contribution in [3.63, 3.8) is 0 Å². The topological polar surface area (TPSA) is 133 Å². The largest absolute Gasteiger partial charge is 0.478 e. The van der Waals surface area contributed by atoms with Gasteiger partial charge in [-0.25, -0.2) is 9.59 Å². The first-order chi connectivity index (χ1) is 16.3. The first-order valence-corrected chi connectivity index (χ1v) is 11.0. The number of anilines is 2. The zero-order valence-electron chi connectivity index (χ0n) is 18.5. The lowest BCUT2D eigenvalue weighted by Gasteiger charge is -2.15. The summed E-state index contributed by atoms with van der Waals surface area (Å²) >= 11 is 0. The second kappa shape index (κ2) is 11.6. The van der Waals surface area contributed by atoms with E-state index in [1.54, 1.807) is 48.6 Å². The van der Waals surface area contributed by atoms with Crippen LogP contribution in [0.3, 0.4) is 0 Å². The Bertz CT molecular complexity index is 1070.